The van der Waals surface area contributed by atoms with E-state index in [1.807, 2.05) is 6.08 Å². The lowest BCUT2D eigenvalue weighted by Gasteiger charge is -2.19. The van der Waals surface area contributed by atoms with Crippen LogP contribution in [0.4, 0.5) is 0 Å². The maximum absolute atomic E-state index is 12.4. The van der Waals surface area contributed by atoms with E-state index < -0.39 is 12.1 Å². The Kier molecular flexibility index (Phi) is 44.4. The first-order chi connectivity index (χ1) is 27.2. The van der Waals surface area contributed by atoms with Gasteiger partial charge in [0.2, 0.25) is 5.91 Å². The SMILES string of the molecule is CC/C=C/CC/C=C/CC/C=C/C(O)C(CO)NC(=O)CCCCCCCCCCCCCCCCCCCC/C=C\C/C=C\C/C=C\CCCCCCC. The van der Waals surface area contributed by atoms with Crippen molar-refractivity contribution in [3.8, 4) is 0 Å². The summed E-state index contributed by atoms with van der Waals surface area (Å²) in [5, 5.41) is 22.9. The summed E-state index contributed by atoms with van der Waals surface area (Å²) in [6, 6.07) is -0.645. The van der Waals surface area contributed by atoms with Gasteiger partial charge in [-0.1, -0.05) is 215 Å². The van der Waals surface area contributed by atoms with Gasteiger partial charge in [-0.15, -0.1) is 0 Å². The Labute approximate surface area is 342 Å². The number of aliphatic hydroxyl groups excluding tert-OH is 2. The van der Waals surface area contributed by atoms with E-state index in [0.717, 1.165) is 57.8 Å². The van der Waals surface area contributed by atoms with Crippen LogP contribution < -0.4 is 5.32 Å². The highest BCUT2D eigenvalue weighted by molar-refractivity contribution is 5.76. The van der Waals surface area contributed by atoms with Gasteiger partial charge in [-0.3, -0.25) is 4.79 Å². The molecule has 0 aromatic carbocycles. The summed E-state index contributed by atoms with van der Waals surface area (Å²) in [5.41, 5.74) is 0. The molecule has 0 aliphatic carbocycles. The van der Waals surface area contributed by atoms with Gasteiger partial charge >= 0.3 is 0 Å². The highest BCUT2D eigenvalue weighted by Crippen LogP contribution is 2.15. The number of unbranched alkanes of at least 4 members (excludes halogenated alkanes) is 25. The molecule has 0 fully saturated rings. The minimum Gasteiger partial charge on any atom is -0.394 e. The molecule has 0 radical (unpaired) electrons. The fourth-order valence-electron chi connectivity index (χ4n) is 6.81. The number of nitrogens with one attached hydrogen (secondary N) is 1. The van der Waals surface area contributed by atoms with Crippen molar-refractivity contribution in [3.63, 3.8) is 0 Å². The van der Waals surface area contributed by atoms with E-state index in [-0.39, 0.29) is 12.5 Å². The van der Waals surface area contributed by atoms with Crippen LogP contribution in [0.1, 0.15) is 226 Å². The standard InChI is InChI=1S/C51H91NO3/c1-3-5-7-9-11-13-15-16-17-18-19-20-21-22-23-24-25-26-27-28-29-30-31-32-33-34-35-36-37-39-41-43-45-47-51(55)52-49(48-53)50(54)46-44-42-40-38-14-12-10-8-6-4-2/h6,8,14-16,18-19,21-22,38,44,46,49-50,53-54H,3-5,7,9-13,17,20,23-37,39-43,45,47-48H2,1-2H3,(H,52,55)/b8-6+,16-15-,19-18-,22-21-,38-14+,46-44+. The first-order valence-corrected chi connectivity index (χ1v) is 23.7. The second-order valence-corrected chi connectivity index (χ2v) is 15.8. The molecule has 2 atom stereocenters. The summed E-state index contributed by atoms with van der Waals surface area (Å²) >= 11 is 0. The Morgan fingerprint density at radius 3 is 1.25 bits per heavy atom. The summed E-state index contributed by atoms with van der Waals surface area (Å²) in [4.78, 5) is 12.4. The Morgan fingerprint density at radius 2 is 0.818 bits per heavy atom. The zero-order valence-electron chi connectivity index (χ0n) is 36.4. The predicted molar refractivity (Wildman–Crippen MR) is 244 cm³/mol. The first-order valence-electron chi connectivity index (χ1n) is 23.7. The molecule has 1 amide bonds. The fourth-order valence-corrected chi connectivity index (χ4v) is 6.81. The van der Waals surface area contributed by atoms with Gasteiger partial charge in [0.05, 0.1) is 18.8 Å². The number of carbonyl (C=O) groups is 1. The van der Waals surface area contributed by atoms with Gasteiger partial charge in [0, 0.05) is 6.42 Å². The van der Waals surface area contributed by atoms with Gasteiger partial charge in [0.25, 0.3) is 0 Å². The van der Waals surface area contributed by atoms with Crippen LogP contribution in [-0.2, 0) is 4.79 Å². The van der Waals surface area contributed by atoms with E-state index >= 15 is 0 Å². The highest BCUT2D eigenvalue weighted by atomic mass is 16.3. The second-order valence-electron chi connectivity index (χ2n) is 15.8. The third-order valence-electron chi connectivity index (χ3n) is 10.4. The van der Waals surface area contributed by atoms with E-state index in [1.54, 1.807) is 6.08 Å². The average Bonchev–Trinajstić information content (AvgIpc) is 3.19. The molecule has 0 aliphatic heterocycles. The lowest BCUT2D eigenvalue weighted by Crippen LogP contribution is -2.45. The van der Waals surface area contributed by atoms with E-state index in [1.165, 1.54) is 148 Å². The molecule has 2 unspecified atom stereocenters. The van der Waals surface area contributed by atoms with Crippen molar-refractivity contribution in [3.05, 3.63) is 72.9 Å². The van der Waals surface area contributed by atoms with Crippen molar-refractivity contribution in [2.75, 3.05) is 6.61 Å². The van der Waals surface area contributed by atoms with Crippen molar-refractivity contribution < 1.29 is 15.0 Å². The van der Waals surface area contributed by atoms with Gasteiger partial charge in [0.15, 0.2) is 0 Å². The molecule has 0 aromatic heterocycles. The summed E-state index contributed by atoms with van der Waals surface area (Å²) in [6.45, 7) is 4.15. The molecule has 0 aromatic rings. The molecular weight excluding hydrogens is 675 g/mol. The second kappa shape index (κ2) is 46.2. The maximum atomic E-state index is 12.4. The van der Waals surface area contributed by atoms with Crippen LogP contribution in [0.25, 0.3) is 0 Å². The van der Waals surface area contributed by atoms with E-state index in [2.05, 4.69) is 79.9 Å². The maximum Gasteiger partial charge on any atom is 0.220 e. The van der Waals surface area contributed by atoms with E-state index in [4.69, 9.17) is 0 Å². The van der Waals surface area contributed by atoms with Crippen molar-refractivity contribution in [1.29, 1.82) is 0 Å². The number of aliphatic hydroxyl groups is 2. The fraction of sp³-hybridized carbons (Fsp3) is 0.745. The third kappa shape index (κ3) is 42.8. The number of hydrogen-bond acceptors (Lipinski definition) is 3. The molecule has 0 bridgehead atoms. The average molecular weight is 766 g/mol. The predicted octanol–water partition coefficient (Wildman–Crippen LogP) is 15.1. The molecule has 3 N–H and O–H groups in total. The van der Waals surface area contributed by atoms with Gasteiger partial charge in [0.1, 0.15) is 0 Å². The largest absolute Gasteiger partial charge is 0.394 e. The van der Waals surface area contributed by atoms with E-state index in [9.17, 15) is 15.0 Å². The summed E-state index contributed by atoms with van der Waals surface area (Å²) < 4.78 is 0. The number of rotatable bonds is 42. The van der Waals surface area contributed by atoms with Crippen molar-refractivity contribution in [2.24, 2.45) is 0 Å². The summed E-state index contributed by atoms with van der Waals surface area (Å²) in [6.07, 6.45) is 66.2. The number of amides is 1. The van der Waals surface area contributed by atoms with Crippen LogP contribution in [0.15, 0.2) is 72.9 Å². The van der Waals surface area contributed by atoms with Gasteiger partial charge in [-0.2, -0.15) is 0 Å². The van der Waals surface area contributed by atoms with Crippen LogP contribution in [0.5, 0.6) is 0 Å². The molecule has 0 saturated carbocycles. The minimum atomic E-state index is -0.869. The van der Waals surface area contributed by atoms with Crippen molar-refractivity contribution in [1.82, 2.24) is 5.32 Å². The van der Waals surface area contributed by atoms with Crippen LogP contribution in [0.3, 0.4) is 0 Å². The van der Waals surface area contributed by atoms with Crippen LogP contribution >= 0.6 is 0 Å². The smallest absolute Gasteiger partial charge is 0.220 e. The summed E-state index contributed by atoms with van der Waals surface area (Å²) in [7, 11) is 0. The van der Waals surface area contributed by atoms with Gasteiger partial charge in [-0.05, 0) is 77.0 Å². The molecule has 4 nitrogen and oxygen atoms in total. The Bertz CT molecular complexity index is 961. The molecular formula is C51H91NO3. The van der Waals surface area contributed by atoms with Gasteiger partial charge < -0.3 is 15.5 Å². The molecule has 0 spiro atoms. The van der Waals surface area contributed by atoms with Crippen LogP contribution in [0, 0.1) is 0 Å². The first kappa shape index (κ1) is 52.8. The molecule has 318 valence electrons. The minimum absolute atomic E-state index is 0.0813. The topological polar surface area (TPSA) is 69.6 Å². The zero-order valence-corrected chi connectivity index (χ0v) is 36.4. The lowest BCUT2D eigenvalue weighted by atomic mass is 10.0. The number of allylic oxidation sites excluding steroid dienone is 11. The van der Waals surface area contributed by atoms with Crippen LogP contribution in [-0.4, -0.2) is 34.9 Å². The normalized spacial score (nSPS) is 13.6. The van der Waals surface area contributed by atoms with Gasteiger partial charge in [-0.25, -0.2) is 0 Å². The van der Waals surface area contributed by atoms with Crippen molar-refractivity contribution in [2.45, 2.75) is 238 Å². The Morgan fingerprint density at radius 1 is 0.455 bits per heavy atom. The Hall–Kier alpha value is -2.17. The number of hydrogen-bond donors (Lipinski definition) is 3. The summed E-state index contributed by atoms with van der Waals surface area (Å²) in [5.74, 6) is -0.0813. The molecule has 0 aliphatic rings. The van der Waals surface area contributed by atoms with Crippen molar-refractivity contribution >= 4 is 5.91 Å². The molecule has 0 saturated heterocycles. The third-order valence-corrected chi connectivity index (χ3v) is 10.4. The molecule has 55 heavy (non-hydrogen) atoms. The lowest BCUT2D eigenvalue weighted by molar-refractivity contribution is -0.123. The zero-order chi connectivity index (χ0) is 40.0. The number of carbonyl (C=O) groups excluding carboxylic acids is 1. The molecule has 0 rings (SSSR count). The molecule has 4 heteroatoms. The Balaban J connectivity index is 3.47. The molecule has 0 heterocycles. The van der Waals surface area contributed by atoms with E-state index in [0.29, 0.717) is 6.42 Å². The highest BCUT2D eigenvalue weighted by Gasteiger charge is 2.17. The monoisotopic (exact) mass is 766 g/mol. The van der Waals surface area contributed by atoms with Crippen LogP contribution in [0.2, 0.25) is 0 Å². The quantitative estimate of drug-likeness (QED) is 0.0428.